The molecule has 3 nitrogen and oxygen atoms in total. The number of halogens is 3. The Labute approximate surface area is 99.9 Å². The van der Waals surface area contributed by atoms with Gasteiger partial charge in [0.15, 0.2) is 0 Å². The zero-order valence-electron chi connectivity index (χ0n) is 8.99. The molecular weight excluding hydrogens is 247 g/mol. The molecule has 1 aromatic rings. The van der Waals surface area contributed by atoms with E-state index < -0.39 is 12.1 Å². The fraction of sp³-hybridized carbons (Fsp3) is 0.0833. The number of alkyl halides is 3. The quantitative estimate of drug-likeness (QED) is 0.753. The highest BCUT2D eigenvalue weighted by Crippen LogP contribution is 2.17. The largest absolute Gasteiger partial charge is 0.491 e. The molecule has 1 aliphatic rings. The van der Waals surface area contributed by atoms with Crippen LogP contribution in [-0.2, 0) is 9.53 Å². The molecule has 0 amide bonds. The van der Waals surface area contributed by atoms with Crippen molar-refractivity contribution in [2.24, 2.45) is 0 Å². The minimum Gasteiger partial charge on any atom is -0.402 e. The lowest BCUT2D eigenvalue weighted by Crippen LogP contribution is -2.34. The molecule has 18 heavy (non-hydrogen) atoms. The third-order valence-electron chi connectivity index (χ3n) is 2.22. The highest BCUT2D eigenvalue weighted by atomic mass is 19.4. The minimum atomic E-state index is -5.02. The van der Waals surface area contributed by atoms with Gasteiger partial charge in [-0.25, -0.2) is 4.79 Å². The number of allylic oxidation sites excluding steroid dienone is 1. The minimum absolute atomic E-state index is 0.238. The Bertz CT molecular complexity index is 617. The van der Waals surface area contributed by atoms with Crippen molar-refractivity contribution in [1.29, 1.82) is 0 Å². The Morgan fingerprint density at radius 3 is 2.67 bits per heavy atom. The van der Waals surface area contributed by atoms with Crippen LogP contribution in [0.5, 0.6) is 0 Å². The van der Waals surface area contributed by atoms with Crippen LogP contribution in [0, 0.1) is 0 Å². The first kappa shape index (κ1) is 12.2. The maximum absolute atomic E-state index is 12.1. The number of rotatable bonds is 1. The molecule has 1 heterocycles. The molecule has 0 aliphatic carbocycles. The molecule has 1 aromatic carbocycles. The molecule has 94 valence electrons. The van der Waals surface area contributed by atoms with E-state index in [2.05, 4.69) is 10.1 Å². The maximum Gasteiger partial charge on any atom is 0.491 e. The van der Waals surface area contributed by atoms with Crippen molar-refractivity contribution in [1.82, 2.24) is 5.32 Å². The zero-order chi connectivity index (χ0) is 13.2. The number of benzene rings is 1. The van der Waals surface area contributed by atoms with E-state index in [4.69, 9.17) is 0 Å². The van der Waals surface area contributed by atoms with E-state index in [9.17, 15) is 18.0 Å². The lowest BCUT2D eigenvalue weighted by molar-refractivity contribution is -0.192. The van der Waals surface area contributed by atoms with Gasteiger partial charge in [-0.3, -0.25) is 0 Å². The van der Waals surface area contributed by atoms with Crippen LogP contribution < -0.4 is 15.8 Å². The first-order valence-electron chi connectivity index (χ1n) is 5.00. The molecule has 0 atom stereocenters. The van der Waals surface area contributed by atoms with Crippen LogP contribution in [0.25, 0.3) is 12.0 Å². The first-order valence-corrected chi connectivity index (χ1v) is 5.00. The first-order chi connectivity index (χ1) is 8.48. The second-order valence-electron chi connectivity index (χ2n) is 3.47. The van der Waals surface area contributed by atoms with Gasteiger partial charge >= 0.3 is 12.1 Å². The molecule has 0 bridgehead atoms. The van der Waals surface area contributed by atoms with Crippen molar-refractivity contribution >= 4 is 17.9 Å². The molecule has 1 N–H and O–H groups in total. The van der Waals surface area contributed by atoms with E-state index in [1.165, 1.54) is 6.20 Å². The van der Waals surface area contributed by atoms with E-state index in [0.717, 1.165) is 0 Å². The Hall–Kier alpha value is -2.24. The molecule has 0 unspecified atom stereocenters. The van der Waals surface area contributed by atoms with Crippen LogP contribution in [0.4, 0.5) is 13.2 Å². The van der Waals surface area contributed by atoms with Gasteiger partial charge in [0.05, 0.1) is 0 Å². The fourth-order valence-corrected chi connectivity index (χ4v) is 1.44. The highest BCUT2D eigenvalue weighted by Gasteiger charge is 2.41. The molecule has 0 saturated heterocycles. The van der Waals surface area contributed by atoms with Crippen molar-refractivity contribution in [2.75, 3.05) is 0 Å². The Balaban J connectivity index is 2.47. The van der Waals surface area contributed by atoms with Gasteiger partial charge in [0.1, 0.15) is 0 Å². The second kappa shape index (κ2) is 4.56. The van der Waals surface area contributed by atoms with Crippen LogP contribution in [0.15, 0.2) is 36.5 Å². The molecule has 0 fully saturated rings. The van der Waals surface area contributed by atoms with Crippen LogP contribution in [-0.4, -0.2) is 12.1 Å². The van der Waals surface area contributed by atoms with Gasteiger partial charge in [-0.05, 0) is 17.4 Å². The summed E-state index contributed by atoms with van der Waals surface area (Å²) < 4.78 is 40.8. The normalized spacial score (nSPS) is 14.1. The lowest BCUT2D eigenvalue weighted by atomic mass is 10.2. The predicted octanol–water partition coefficient (Wildman–Crippen LogP) is 0.755. The van der Waals surface area contributed by atoms with Crippen molar-refractivity contribution in [3.8, 4) is 0 Å². The number of hydrogen-bond acceptors (Lipinski definition) is 3. The van der Waals surface area contributed by atoms with Crippen LogP contribution in [0.2, 0.25) is 0 Å². The number of fused-ring (bicyclic) bond motifs is 1. The van der Waals surface area contributed by atoms with E-state index in [1.54, 1.807) is 36.4 Å². The second-order valence-corrected chi connectivity index (χ2v) is 3.47. The van der Waals surface area contributed by atoms with Gasteiger partial charge in [-0.15, -0.1) is 0 Å². The number of hydrogen-bond donors (Lipinski definition) is 1. The summed E-state index contributed by atoms with van der Waals surface area (Å²) in [5, 5.41) is 3.55. The Kier molecular flexibility index (Phi) is 3.10. The Morgan fingerprint density at radius 2 is 1.94 bits per heavy atom. The molecule has 1 aliphatic heterocycles. The SMILES string of the molecule is O=C(OC1=c2ccccc2=CC=CN1)C(F)(F)F. The standard InChI is InChI=1S/C12H8F3NO2/c13-12(14,15)11(17)18-10-9-6-2-1-4-8(9)5-3-7-16-10/h1-7,16H. The molecular formula is C12H8F3NO2. The number of carbonyl (C=O) groups is 1. The molecule has 0 aromatic heterocycles. The van der Waals surface area contributed by atoms with Gasteiger partial charge in [-0.2, -0.15) is 13.2 Å². The summed E-state index contributed by atoms with van der Waals surface area (Å²) in [6.07, 6.45) is -0.341. The number of nitrogens with one attached hydrogen (secondary N) is 1. The third-order valence-corrected chi connectivity index (χ3v) is 2.22. The summed E-state index contributed by atoms with van der Waals surface area (Å²) >= 11 is 0. The lowest BCUT2D eigenvalue weighted by Gasteiger charge is -2.09. The van der Waals surface area contributed by atoms with Crippen molar-refractivity contribution < 1.29 is 22.7 Å². The van der Waals surface area contributed by atoms with E-state index in [-0.39, 0.29) is 5.88 Å². The summed E-state index contributed by atoms with van der Waals surface area (Å²) in [6, 6.07) is 6.64. The topological polar surface area (TPSA) is 38.3 Å². The van der Waals surface area contributed by atoms with Gasteiger partial charge in [-0.1, -0.05) is 24.3 Å². The average molecular weight is 255 g/mol. The fourth-order valence-electron chi connectivity index (χ4n) is 1.44. The van der Waals surface area contributed by atoms with E-state index >= 15 is 0 Å². The summed E-state index contributed by atoms with van der Waals surface area (Å²) in [6.45, 7) is 0. The summed E-state index contributed by atoms with van der Waals surface area (Å²) in [7, 11) is 0. The monoisotopic (exact) mass is 255 g/mol. The van der Waals surface area contributed by atoms with Crippen molar-refractivity contribution in [3.63, 3.8) is 0 Å². The van der Waals surface area contributed by atoms with Crippen molar-refractivity contribution in [3.05, 3.63) is 47.0 Å². The highest BCUT2D eigenvalue weighted by molar-refractivity contribution is 5.79. The molecule has 0 radical (unpaired) electrons. The summed E-state index contributed by atoms with van der Waals surface area (Å²) in [5.41, 5.74) is 0. The van der Waals surface area contributed by atoms with Crippen molar-refractivity contribution in [2.45, 2.75) is 6.18 Å². The third kappa shape index (κ3) is 2.53. The smallest absolute Gasteiger partial charge is 0.402 e. The number of esters is 1. The van der Waals surface area contributed by atoms with Crippen LogP contribution in [0.1, 0.15) is 0 Å². The summed E-state index contributed by atoms with van der Waals surface area (Å²) in [4.78, 5) is 10.8. The molecule has 6 heteroatoms. The number of ether oxygens (including phenoxy) is 1. The van der Waals surface area contributed by atoms with Gasteiger partial charge < -0.3 is 10.1 Å². The van der Waals surface area contributed by atoms with Gasteiger partial charge in [0.25, 0.3) is 0 Å². The predicted molar refractivity (Wildman–Crippen MR) is 58.0 cm³/mol. The van der Waals surface area contributed by atoms with Gasteiger partial charge in [0, 0.05) is 11.4 Å². The van der Waals surface area contributed by atoms with E-state index in [0.29, 0.717) is 10.4 Å². The maximum atomic E-state index is 12.1. The summed E-state index contributed by atoms with van der Waals surface area (Å²) in [5.74, 6) is -2.49. The average Bonchev–Trinajstić information content (AvgIpc) is 2.51. The zero-order valence-corrected chi connectivity index (χ0v) is 8.99. The molecule has 2 rings (SSSR count). The number of carbonyl (C=O) groups excluding carboxylic acids is 1. The van der Waals surface area contributed by atoms with Crippen LogP contribution >= 0.6 is 0 Å². The molecule has 0 saturated carbocycles. The Morgan fingerprint density at radius 1 is 1.22 bits per heavy atom. The van der Waals surface area contributed by atoms with E-state index in [1.807, 2.05) is 0 Å². The van der Waals surface area contributed by atoms with Gasteiger partial charge in [0.2, 0.25) is 5.88 Å². The molecule has 0 spiro atoms. The van der Waals surface area contributed by atoms with Crippen LogP contribution in [0.3, 0.4) is 0 Å².